The first-order chi connectivity index (χ1) is 9.88. The number of aryl methyl sites for hydroxylation is 1. The Labute approximate surface area is 120 Å². The highest BCUT2D eigenvalue weighted by Gasteiger charge is 2.16. The molecule has 20 heavy (non-hydrogen) atoms. The number of aromatic nitrogens is 2. The van der Waals surface area contributed by atoms with Gasteiger partial charge >= 0.3 is 0 Å². The van der Waals surface area contributed by atoms with Gasteiger partial charge in [-0.3, -0.25) is 4.68 Å². The summed E-state index contributed by atoms with van der Waals surface area (Å²) in [5.74, 6) is 0. The predicted molar refractivity (Wildman–Crippen MR) is 80.7 cm³/mol. The molecule has 1 aliphatic heterocycles. The third kappa shape index (κ3) is 2.86. The Hall–Kier alpha value is -1.39. The smallest absolute Gasteiger partial charge is 0.0841 e. The Morgan fingerprint density at radius 3 is 3.10 bits per heavy atom. The number of hydrogen-bond acceptors (Lipinski definition) is 3. The minimum atomic E-state index is 0.426. The molecule has 1 aliphatic rings. The maximum absolute atomic E-state index is 5.70. The molecule has 1 saturated heterocycles. The SMILES string of the molecule is CCNCc1nn(CCC2CCCO2)c2ccccc12. The first-order valence-corrected chi connectivity index (χ1v) is 7.65. The molecule has 2 aromatic rings. The van der Waals surface area contributed by atoms with E-state index >= 15 is 0 Å². The normalized spacial score (nSPS) is 18.9. The molecule has 0 spiro atoms. The molecule has 0 amide bonds. The van der Waals surface area contributed by atoms with E-state index in [0.717, 1.165) is 38.4 Å². The zero-order valence-electron chi connectivity index (χ0n) is 12.1. The van der Waals surface area contributed by atoms with E-state index in [-0.39, 0.29) is 0 Å². The molecule has 4 nitrogen and oxygen atoms in total. The molecule has 1 aromatic carbocycles. The summed E-state index contributed by atoms with van der Waals surface area (Å²) in [6, 6.07) is 8.50. The van der Waals surface area contributed by atoms with Crippen molar-refractivity contribution < 1.29 is 4.74 Å². The van der Waals surface area contributed by atoms with Gasteiger partial charge in [0.05, 0.1) is 17.3 Å². The Balaban J connectivity index is 1.78. The minimum Gasteiger partial charge on any atom is -0.378 e. The number of para-hydroxylation sites is 1. The van der Waals surface area contributed by atoms with Crippen LogP contribution in [0.4, 0.5) is 0 Å². The predicted octanol–water partition coefficient (Wildman–Crippen LogP) is 2.71. The van der Waals surface area contributed by atoms with E-state index in [9.17, 15) is 0 Å². The van der Waals surface area contributed by atoms with Crippen molar-refractivity contribution in [2.75, 3.05) is 13.2 Å². The van der Waals surface area contributed by atoms with Crippen LogP contribution < -0.4 is 5.32 Å². The molecule has 0 radical (unpaired) electrons. The second-order valence-electron chi connectivity index (χ2n) is 5.39. The highest BCUT2D eigenvalue weighted by Crippen LogP contribution is 2.21. The van der Waals surface area contributed by atoms with Crippen LogP contribution in [0.2, 0.25) is 0 Å². The molecule has 0 aliphatic carbocycles. The molecule has 0 bridgehead atoms. The van der Waals surface area contributed by atoms with Crippen molar-refractivity contribution >= 4 is 10.9 Å². The van der Waals surface area contributed by atoms with Gasteiger partial charge in [-0.2, -0.15) is 5.10 Å². The van der Waals surface area contributed by atoms with Gasteiger partial charge in [-0.05, 0) is 31.9 Å². The van der Waals surface area contributed by atoms with Gasteiger partial charge in [-0.25, -0.2) is 0 Å². The zero-order valence-corrected chi connectivity index (χ0v) is 12.1. The Morgan fingerprint density at radius 1 is 1.40 bits per heavy atom. The molecule has 1 fully saturated rings. The van der Waals surface area contributed by atoms with E-state index in [0.29, 0.717) is 6.10 Å². The molecular formula is C16H23N3O. The van der Waals surface area contributed by atoms with Crippen LogP contribution in [0.1, 0.15) is 31.9 Å². The summed E-state index contributed by atoms with van der Waals surface area (Å²) in [6.07, 6.45) is 3.89. The molecular weight excluding hydrogens is 250 g/mol. The third-order valence-corrected chi connectivity index (χ3v) is 3.96. The summed E-state index contributed by atoms with van der Waals surface area (Å²) in [5, 5.41) is 9.42. The average Bonchev–Trinajstić information content (AvgIpc) is 3.11. The number of benzene rings is 1. The molecule has 1 N–H and O–H groups in total. The van der Waals surface area contributed by atoms with Gasteiger partial charge in [0.25, 0.3) is 0 Å². The first-order valence-electron chi connectivity index (χ1n) is 7.65. The van der Waals surface area contributed by atoms with Gasteiger partial charge in [0, 0.05) is 25.1 Å². The van der Waals surface area contributed by atoms with Crippen molar-refractivity contribution in [3.05, 3.63) is 30.0 Å². The quantitative estimate of drug-likeness (QED) is 0.879. The number of nitrogens with zero attached hydrogens (tertiary/aromatic N) is 2. The van der Waals surface area contributed by atoms with Gasteiger partial charge in [-0.1, -0.05) is 25.1 Å². The molecule has 0 saturated carbocycles. The molecule has 1 aromatic heterocycles. The number of nitrogens with one attached hydrogen (secondary N) is 1. The van der Waals surface area contributed by atoms with Crippen molar-refractivity contribution in [3.63, 3.8) is 0 Å². The van der Waals surface area contributed by atoms with Crippen LogP contribution >= 0.6 is 0 Å². The zero-order chi connectivity index (χ0) is 13.8. The fraction of sp³-hybridized carbons (Fsp3) is 0.562. The standard InChI is InChI=1S/C16H23N3O/c1-2-17-12-15-14-7-3-4-8-16(14)19(18-15)10-9-13-6-5-11-20-13/h3-4,7-8,13,17H,2,5-6,9-12H2,1H3. The van der Waals surface area contributed by atoms with Crippen molar-refractivity contribution in [2.24, 2.45) is 0 Å². The fourth-order valence-electron chi connectivity index (χ4n) is 2.88. The largest absolute Gasteiger partial charge is 0.378 e. The van der Waals surface area contributed by atoms with Crippen molar-refractivity contribution in [2.45, 2.75) is 45.4 Å². The summed E-state index contributed by atoms with van der Waals surface area (Å²) in [6.45, 7) is 5.80. The monoisotopic (exact) mass is 273 g/mol. The summed E-state index contributed by atoms with van der Waals surface area (Å²) < 4.78 is 7.85. The van der Waals surface area contributed by atoms with Crippen molar-refractivity contribution in [3.8, 4) is 0 Å². The molecule has 1 atom stereocenters. The lowest BCUT2D eigenvalue weighted by Crippen LogP contribution is -2.14. The number of hydrogen-bond donors (Lipinski definition) is 1. The minimum absolute atomic E-state index is 0.426. The first kappa shape index (κ1) is 13.6. The lowest BCUT2D eigenvalue weighted by atomic mass is 10.2. The van der Waals surface area contributed by atoms with Crippen LogP contribution in [0.5, 0.6) is 0 Å². The number of rotatable bonds is 6. The van der Waals surface area contributed by atoms with Gasteiger partial charge in [0.2, 0.25) is 0 Å². The molecule has 2 heterocycles. The highest BCUT2D eigenvalue weighted by atomic mass is 16.5. The Kier molecular flexibility index (Phi) is 4.33. The van der Waals surface area contributed by atoms with E-state index in [2.05, 4.69) is 41.2 Å². The van der Waals surface area contributed by atoms with E-state index < -0.39 is 0 Å². The third-order valence-electron chi connectivity index (χ3n) is 3.96. The van der Waals surface area contributed by atoms with E-state index in [1.165, 1.54) is 23.7 Å². The van der Waals surface area contributed by atoms with Gasteiger partial charge in [0.1, 0.15) is 0 Å². The topological polar surface area (TPSA) is 39.1 Å². The van der Waals surface area contributed by atoms with Crippen LogP contribution in [-0.4, -0.2) is 29.0 Å². The summed E-state index contributed by atoms with van der Waals surface area (Å²) in [7, 11) is 0. The summed E-state index contributed by atoms with van der Waals surface area (Å²) in [4.78, 5) is 0. The van der Waals surface area contributed by atoms with Crippen LogP contribution in [-0.2, 0) is 17.8 Å². The summed E-state index contributed by atoms with van der Waals surface area (Å²) in [5.41, 5.74) is 2.38. The second-order valence-corrected chi connectivity index (χ2v) is 5.39. The molecule has 4 heteroatoms. The second kappa shape index (κ2) is 6.37. The van der Waals surface area contributed by atoms with Crippen LogP contribution in [0, 0.1) is 0 Å². The van der Waals surface area contributed by atoms with E-state index in [4.69, 9.17) is 9.84 Å². The summed E-state index contributed by atoms with van der Waals surface area (Å²) >= 11 is 0. The number of ether oxygens (including phenoxy) is 1. The Bertz CT molecular complexity index is 558. The fourth-order valence-corrected chi connectivity index (χ4v) is 2.88. The highest BCUT2D eigenvalue weighted by molar-refractivity contribution is 5.81. The maximum Gasteiger partial charge on any atom is 0.0841 e. The molecule has 3 rings (SSSR count). The lowest BCUT2D eigenvalue weighted by Gasteiger charge is -2.09. The average molecular weight is 273 g/mol. The maximum atomic E-state index is 5.70. The van der Waals surface area contributed by atoms with Crippen LogP contribution in [0.15, 0.2) is 24.3 Å². The van der Waals surface area contributed by atoms with Gasteiger partial charge in [-0.15, -0.1) is 0 Å². The van der Waals surface area contributed by atoms with Crippen LogP contribution in [0.3, 0.4) is 0 Å². The number of fused-ring (bicyclic) bond motifs is 1. The van der Waals surface area contributed by atoms with E-state index in [1.807, 2.05) is 0 Å². The molecule has 108 valence electrons. The van der Waals surface area contributed by atoms with Crippen LogP contribution in [0.25, 0.3) is 10.9 Å². The molecule has 1 unspecified atom stereocenters. The van der Waals surface area contributed by atoms with Crippen molar-refractivity contribution in [1.82, 2.24) is 15.1 Å². The van der Waals surface area contributed by atoms with Gasteiger partial charge < -0.3 is 10.1 Å². The van der Waals surface area contributed by atoms with Crippen molar-refractivity contribution in [1.29, 1.82) is 0 Å². The Morgan fingerprint density at radius 2 is 2.30 bits per heavy atom. The lowest BCUT2D eigenvalue weighted by molar-refractivity contribution is 0.0997. The van der Waals surface area contributed by atoms with Gasteiger partial charge in [0.15, 0.2) is 0 Å². The van der Waals surface area contributed by atoms with E-state index in [1.54, 1.807) is 0 Å².